The summed E-state index contributed by atoms with van der Waals surface area (Å²) in [6.45, 7) is 1.96. The Hall–Kier alpha value is 0.380. The predicted octanol–water partition coefficient (Wildman–Crippen LogP) is 3.47. The van der Waals surface area contributed by atoms with E-state index in [-0.39, 0.29) is 42.1 Å². The molecule has 0 radical (unpaired) electrons. The molecule has 0 spiro atoms. The summed E-state index contributed by atoms with van der Waals surface area (Å²) in [5.74, 6) is -0.920. The molecule has 0 aromatic carbocycles. The van der Waals surface area contributed by atoms with E-state index in [0.717, 1.165) is 19.3 Å². The van der Waals surface area contributed by atoms with Crippen molar-refractivity contribution in [3.05, 3.63) is 0 Å². The minimum atomic E-state index is -4.04. The zero-order valence-corrected chi connectivity index (χ0v) is 14.7. The average Bonchev–Trinajstić information content (AvgIpc) is 2.43. The van der Waals surface area contributed by atoms with Crippen molar-refractivity contribution in [3.63, 3.8) is 0 Å². The summed E-state index contributed by atoms with van der Waals surface area (Å²) in [5.41, 5.74) is 0. The van der Waals surface area contributed by atoms with E-state index in [9.17, 15) is 13.2 Å². The maximum atomic E-state index is 11.3. The molecule has 0 saturated carbocycles. The number of unbranched alkanes of at least 4 members (excludes halogenated alkanes) is 10. The molecule has 7 heteroatoms. The Morgan fingerprint density at radius 2 is 1.30 bits per heavy atom. The van der Waals surface area contributed by atoms with Crippen LogP contribution in [0, 0.1) is 0 Å². The van der Waals surface area contributed by atoms with Crippen LogP contribution in [0.25, 0.3) is 0 Å². The molecule has 0 aliphatic carbocycles. The topological polar surface area (TPSA) is 80.7 Å². The van der Waals surface area contributed by atoms with Crippen molar-refractivity contribution < 1.29 is 22.5 Å². The molecule has 0 fully saturated rings. The van der Waals surface area contributed by atoms with E-state index in [2.05, 4.69) is 6.92 Å². The quantitative estimate of drug-likeness (QED) is 0.209. The molecule has 0 rings (SSSR count). The van der Waals surface area contributed by atoms with Gasteiger partial charge in [0.2, 0.25) is 0 Å². The molecular weight excluding hydrogens is 327 g/mol. The molecule has 0 atom stereocenters. The van der Waals surface area contributed by atoms with Gasteiger partial charge in [-0.2, -0.15) is 8.42 Å². The second-order valence-electron chi connectivity index (χ2n) is 5.79. The van der Waals surface area contributed by atoms with Crippen molar-refractivity contribution in [1.29, 1.82) is 0 Å². The maximum absolute atomic E-state index is 11.3. The second kappa shape index (κ2) is 17.2. The van der Waals surface area contributed by atoms with Crippen LogP contribution < -0.4 is 0 Å². The number of carbonyl (C=O) groups is 1. The molecular formula is C16H33NaO5S. The Labute approximate surface area is 164 Å². The summed E-state index contributed by atoms with van der Waals surface area (Å²) in [7, 11) is -4.04. The van der Waals surface area contributed by atoms with E-state index in [1.54, 1.807) is 0 Å². The fourth-order valence-electron chi connectivity index (χ4n) is 2.27. The Morgan fingerprint density at radius 3 is 1.74 bits per heavy atom. The zero-order chi connectivity index (χ0) is 16.7. The van der Waals surface area contributed by atoms with Crippen molar-refractivity contribution in [2.24, 2.45) is 0 Å². The average molecular weight is 360 g/mol. The standard InChI is InChI=1S/C16H32O5S.Na.H/c1-2-3-4-5-6-7-8-9-10-11-12-13-16(17)21-14-15-22(18,19)20;;/h2-15H2,1H3,(H,18,19,20);;. The molecule has 134 valence electrons. The molecule has 0 aromatic heterocycles. The van der Waals surface area contributed by atoms with Gasteiger partial charge in [-0.05, 0) is 6.42 Å². The van der Waals surface area contributed by atoms with Gasteiger partial charge in [-0.1, -0.05) is 71.1 Å². The zero-order valence-electron chi connectivity index (χ0n) is 13.9. The molecule has 23 heavy (non-hydrogen) atoms. The van der Waals surface area contributed by atoms with Crippen molar-refractivity contribution >= 4 is 45.6 Å². The van der Waals surface area contributed by atoms with Crippen molar-refractivity contribution in [2.75, 3.05) is 12.4 Å². The molecule has 5 nitrogen and oxygen atoms in total. The summed E-state index contributed by atoms with van der Waals surface area (Å²) in [6.07, 6.45) is 13.7. The SMILES string of the molecule is CCCCCCCCCCCCCC(=O)OCCS(=O)(=O)O.[NaH]. The van der Waals surface area contributed by atoms with Crippen LogP contribution in [-0.2, 0) is 19.6 Å². The second-order valence-corrected chi connectivity index (χ2v) is 7.36. The van der Waals surface area contributed by atoms with Gasteiger partial charge in [-0.3, -0.25) is 9.35 Å². The third kappa shape index (κ3) is 22.4. The van der Waals surface area contributed by atoms with Gasteiger partial charge in [-0.25, -0.2) is 0 Å². The summed E-state index contributed by atoms with van der Waals surface area (Å²) in [6, 6.07) is 0. The molecule has 0 aliphatic heterocycles. The van der Waals surface area contributed by atoms with Gasteiger partial charge in [0, 0.05) is 6.42 Å². The first-order chi connectivity index (χ1) is 10.5. The molecule has 0 bridgehead atoms. The number of rotatable bonds is 15. The number of carbonyl (C=O) groups excluding carboxylic acids is 1. The first-order valence-electron chi connectivity index (χ1n) is 8.56. The van der Waals surface area contributed by atoms with E-state index >= 15 is 0 Å². The predicted molar refractivity (Wildman–Crippen MR) is 95.6 cm³/mol. The third-order valence-corrected chi connectivity index (χ3v) is 4.27. The first kappa shape index (κ1) is 25.6. The van der Waals surface area contributed by atoms with Gasteiger partial charge in [-0.15, -0.1) is 0 Å². The van der Waals surface area contributed by atoms with E-state index in [1.807, 2.05) is 0 Å². The van der Waals surface area contributed by atoms with Crippen LogP contribution in [0.3, 0.4) is 0 Å². The number of hydrogen-bond donors (Lipinski definition) is 1. The summed E-state index contributed by atoms with van der Waals surface area (Å²) >= 11 is 0. The monoisotopic (exact) mass is 360 g/mol. The summed E-state index contributed by atoms with van der Waals surface area (Å²) < 4.78 is 34.1. The van der Waals surface area contributed by atoms with Crippen LogP contribution in [0.4, 0.5) is 0 Å². The van der Waals surface area contributed by atoms with Crippen LogP contribution in [0.2, 0.25) is 0 Å². The van der Waals surface area contributed by atoms with Crippen LogP contribution in [-0.4, -0.2) is 60.9 Å². The fraction of sp³-hybridized carbons (Fsp3) is 0.938. The minimum absolute atomic E-state index is 0. The molecule has 0 amide bonds. The Balaban J connectivity index is 0. The molecule has 1 N–H and O–H groups in total. The summed E-state index contributed by atoms with van der Waals surface area (Å²) in [4.78, 5) is 11.3. The number of hydrogen-bond acceptors (Lipinski definition) is 4. The number of ether oxygens (including phenoxy) is 1. The molecule has 0 aromatic rings. The molecule has 0 saturated heterocycles. The van der Waals surface area contributed by atoms with Crippen molar-refractivity contribution in [3.8, 4) is 0 Å². The van der Waals surface area contributed by atoms with Crippen LogP contribution in [0.1, 0.15) is 84.0 Å². The van der Waals surface area contributed by atoms with Gasteiger partial charge >= 0.3 is 35.5 Å². The molecule has 0 heterocycles. The fourth-order valence-corrected chi connectivity index (χ4v) is 2.56. The van der Waals surface area contributed by atoms with Gasteiger partial charge in [0.1, 0.15) is 12.4 Å². The normalized spacial score (nSPS) is 11.0. The van der Waals surface area contributed by atoms with Crippen LogP contribution in [0.5, 0.6) is 0 Å². The van der Waals surface area contributed by atoms with Gasteiger partial charge in [0.05, 0.1) is 0 Å². The number of esters is 1. The van der Waals surface area contributed by atoms with Crippen LogP contribution in [0.15, 0.2) is 0 Å². The molecule has 0 unspecified atom stereocenters. The van der Waals surface area contributed by atoms with Gasteiger partial charge < -0.3 is 4.74 Å². The van der Waals surface area contributed by atoms with Crippen molar-refractivity contribution in [1.82, 2.24) is 0 Å². The molecule has 0 aliphatic rings. The van der Waals surface area contributed by atoms with E-state index < -0.39 is 15.9 Å². The van der Waals surface area contributed by atoms with Crippen molar-refractivity contribution in [2.45, 2.75) is 84.0 Å². The Bertz CT molecular complexity index is 371. The third-order valence-electron chi connectivity index (χ3n) is 3.59. The van der Waals surface area contributed by atoms with E-state index in [1.165, 1.54) is 51.4 Å². The van der Waals surface area contributed by atoms with E-state index in [4.69, 9.17) is 9.29 Å². The summed E-state index contributed by atoms with van der Waals surface area (Å²) in [5, 5.41) is 0. The first-order valence-corrected chi connectivity index (χ1v) is 10.2. The Morgan fingerprint density at radius 1 is 0.870 bits per heavy atom. The Kier molecular flexibility index (Phi) is 19.2. The van der Waals surface area contributed by atoms with E-state index in [0.29, 0.717) is 6.42 Å². The van der Waals surface area contributed by atoms with Crippen LogP contribution >= 0.6 is 0 Å². The van der Waals surface area contributed by atoms with Gasteiger partial charge in [0.15, 0.2) is 0 Å². The van der Waals surface area contributed by atoms with Gasteiger partial charge in [0.25, 0.3) is 10.1 Å².